The number of amides is 1. The summed E-state index contributed by atoms with van der Waals surface area (Å²) >= 11 is 0. The molecule has 0 aromatic rings. The number of halogens is 1. The maximum Gasteiger partial charge on any atom is 0.410 e. The van der Waals surface area contributed by atoms with Gasteiger partial charge in [0, 0.05) is 35.8 Å². The molecular weight excluding hydrogens is 501 g/mol. The maximum atomic E-state index is 17.5. The maximum absolute atomic E-state index is 17.5. The molecule has 2 N–H and O–H groups in total. The van der Waals surface area contributed by atoms with Crippen LogP contribution < -0.4 is 0 Å². The Balaban J connectivity index is 1.36. The number of fused-ring (bicyclic) bond motifs is 5. The Morgan fingerprint density at radius 3 is 2.54 bits per heavy atom. The molecular formula is C31H42FNO6. The van der Waals surface area contributed by atoms with Crippen LogP contribution in [0.1, 0.15) is 78.6 Å². The number of allylic oxidation sites excluding steroid dienone is 4. The summed E-state index contributed by atoms with van der Waals surface area (Å²) in [4.78, 5) is 41.1. The van der Waals surface area contributed by atoms with Crippen LogP contribution in [0.3, 0.4) is 0 Å². The first-order valence-electron chi connectivity index (χ1n) is 14.7. The average Bonchev–Trinajstić information content (AvgIpc) is 3.30. The minimum absolute atomic E-state index is 0.0776. The molecule has 0 bridgehead atoms. The second-order valence-electron chi connectivity index (χ2n) is 14.0. The molecule has 5 fully saturated rings. The van der Waals surface area contributed by atoms with Crippen molar-refractivity contribution in [1.29, 1.82) is 0 Å². The summed E-state index contributed by atoms with van der Waals surface area (Å²) in [6.07, 6.45) is 9.19. The minimum Gasteiger partial charge on any atom is -0.434 e. The number of hydrogen-bond donors (Lipinski definition) is 2. The van der Waals surface area contributed by atoms with Gasteiger partial charge in [-0.3, -0.25) is 9.59 Å². The Hall–Kier alpha value is -2.06. The van der Waals surface area contributed by atoms with Crippen LogP contribution in [0.15, 0.2) is 23.8 Å². The van der Waals surface area contributed by atoms with Gasteiger partial charge in [0.2, 0.25) is 5.78 Å². The molecule has 1 amide bonds. The van der Waals surface area contributed by atoms with E-state index in [-0.39, 0.29) is 29.6 Å². The fraction of sp³-hybridized carbons (Fsp3) is 0.774. The molecule has 0 saturated heterocycles. The van der Waals surface area contributed by atoms with Crippen LogP contribution >= 0.6 is 0 Å². The van der Waals surface area contributed by atoms with Crippen molar-refractivity contribution in [3.8, 4) is 0 Å². The normalized spacial score (nSPS) is 47.2. The van der Waals surface area contributed by atoms with E-state index in [0.717, 1.165) is 32.1 Å². The smallest absolute Gasteiger partial charge is 0.410 e. The number of aliphatic hydroxyl groups is 2. The molecule has 9 atom stereocenters. The van der Waals surface area contributed by atoms with Crippen LogP contribution in [-0.4, -0.2) is 69.8 Å². The van der Waals surface area contributed by atoms with Gasteiger partial charge in [-0.05, 0) is 75.4 Å². The van der Waals surface area contributed by atoms with E-state index in [2.05, 4.69) is 0 Å². The zero-order valence-corrected chi connectivity index (χ0v) is 23.5. The molecule has 6 aliphatic rings. The SMILES string of the molecule is C[C@H]1CC2C3CCC4=CC(=O)C=C[C@]4(C)C3(F)[C@@H](O)C[C@]2(C)[C@]1(OC(=O)N(C)C1CC12CCCC2)C(=O)CO. The van der Waals surface area contributed by atoms with Crippen LogP contribution in [0.4, 0.5) is 9.18 Å². The highest BCUT2D eigenvalue weighted by molar-refractivity contribution is 6.01. The molecule has 6 rings (SSSR count). The van der Waals surface area contributed by atoms with Crippen LogP contribution in [0, 0.1) is 34.0 Å². The average molecular weight is 544 g/mol. The molecule has 4 unspecified atom stereocenters. The lowest BCUT2D eigenvalue weighted by Gasteiger charge is -2.62. The highest BCUT2D eigenvalue weighted by Crippen LogP contribution is 2.71. The van der Waals surface area contributed by atoms with Gasteiger partial charge in [-0.2, -0.15) is 0 Å². The Bertz CT molecular complexity index is 1180. The summed E-state index contributed by atoms with van der Waals surface area (Å²) in [5, 5.41) is 21.8. The van der Waals surface area contributed by atoms with Gasteiger partial charge >= 0.3 is 6.09 Å². The van der Waals surface area contributed by atoms with Crippen molar-refractivity contribution in [2.45, 2.75) is 102 Å². The number of rotatable bonds is 4. The van der Waals surface area contributed by atoms with Gasteiger partial charge in [0.15, 0.2) is 17.1 Å². The van der Waals surface area contributed by atoms with Crippen molar-refractivity contribution >= 4 is 17.7 Å². The van der Waals surface area contributed by atoms with Gasteiger partial charge in [-0.1, -0.05) is 38.3 Å². The largest absolute Gasteiger partial charge is 0.434 e. The number of ketones is 2. The van der Waals surface area contributed by atoms with E-state index >= 15 is 4.39 Å². The van der Waals surface area contributed by atoms with Crippen molar-refractivity contribution in [1.82, 2.24) is 4.90 Å². The van der Waals surface area contributed by atoms with Crippen LogP contribution in [0.25, 0.3) is 0 Å². The Morgan fingerprint density at radius 1 is 1.18 bits per heavy atom. The molecule has 0 aromatic heterocycles. The van der Waals surface area contributed by atoms with E-state index in [0.29, 0.717) is 24.8 Å². The van der Waals surface area contributed by atoms with Crippen LogP contribution in [-0.2, 0) is 14.3 Å². The van der Waals surface area contributed by atoms with E-state index < -0.39 is 58.5 Å². The Kier molecular flexibility index (Phi) is 5.90. The number of nitrogens with zero attached hydrogens (tertiary/aromatic N) is 1. The summed E-state index contributed by atoms with van der Waals surface area (Å²) in [7, 11) is 1.73. The fourth-order valence-corrected chi connectivity index (χ4v) is 10.3. The minimum atomic E-state index is -2.04. The lowest BCUT2D eigenvalue weighted by atomic mass is 9.44. The van der Waals surface area contributed by atoms with Gasteiger partial charge in [0.25, 0.3) is 0 Å². The van der Waals surface area contributed by atoms with Crippen molar-refractivity contribution in [3.63, 3.8) is 0 Å². The first-order chi connectivity index (χ1) is 18.3. The molecule has 39 heavy (non-hydrogen) atoms. The molecule has 0 aliphatic heterocycles. The topological polar surface area (TPSA) is 104 Å². The van der Waals surface area contributed by atoms with Gasteiger partial charge in [-0.15, -0.1) is 0 Å². The van der Waals surface area contributed by atoms with Crippen LogP contribution in [0.2, 0.25) is 0 Å². The first kappa shape index (κ1) is 27.1. The van der Waals surface area contributed by atoms with Gasteiger partial charge in [0.05, 0.1) is 6.10 Å². The third kappa shape index (κ3) is 3.25. The summed E-state index contributed by atoms with van der Waals surface area (Å²) in [6.45, 7) is 4.65. The monoisotopic (exact) mass is 543 g/mol. The zero-order valence-electron chi connectivity index (χ0n) is 23.5. The number of alkyl halides is 1. The van der Waals surface area contributed by atoms with Gasteiger partial charge in [-0.25, -0.2) is 9.18 Å². The Morgan fingerprint density at radius 2 is 1.87 bits per heavy atom. The quantitative estimate of drug-likeness (QED) is 0.548. The lowest BCUT2D eigenvalue weighted by Crippen LogP contribution is -2.70. The third-order valence-electron chi connectivity index (χ3n) is 12.5. The molecule has 0 heterocycles. The molecule has 6 aliphatic carbocycles. The second-order valence-corrected chi connectivity index (χ2v) is 14.0. The molecule has 0 radical (unpaired) electrons. The highest BCUT2D eigenvalue weighted by Gasteiger charge is 2.77. The second kappa shape index (κ2) is 8.48. The summed E-state index contributed by atoms with van der Waals surface area (Å²) in [5.41, 5.74) is -5.07. The predicted molar refractivity (Wildman–Crippen MR) is 141 cm³/mol. The summed E-state index contributed by atoms with van der Waals surface area (Å²) < 4.78 is 23.8. The first-order valence-corrected chi connectivity index (χ1v) is 14.7. The van der Waals surface area contributed by atoms with E-state index in [1.54, 1.807) is 24.9 Å². The number of ether oxygens (including phenoxy) is 1. The van der Waals surface area contributed by atoms with Gasteiger partial charge in [0.1, 0.15) is 6.61 Å². The molecule has 0 aromatic carbocycles. The predicted octanol–water partition coefficient (Wildman–Crippen LogP) is 4.30. The Labute approximate surface area is 229 Å². The number of carbonyl (C=O) groups excluding carboxylic acids is 3. The molecule has 214 valence electrons. The van der Waals surface area contributed by atoms with Crippen molar-refractivity contribution in [2.75, 3.05) is 13.7 Å². The van der Waals surface area contributed by atoms with Crippen molar-refractivity contribution < 1.29 is 33.7 Å². The standard InChI is InChI=1S/C31H42FNO6/c1-18-13-22-21-8-7-19-14-20(35)9-12-27(19,2)30(21,32)24(36)16-28(22,3)31(18,25(37)17-34)39-26(38)33(4)23-15-29(23)10-5-6-11-29/h9,12,14,18,21-24,34,36H,5-8,10-11,13,15-17H2,1-4H3/t18-,21?,22?,23?,24-,27-,28-,30?,31+/m0/s1. The third-order valence-corrected chi connectivity index (χ3v) is 12.5. The molecule has 7 nitrogen and oxygen atoms in total. The van der Waals surface area contributed by atoms with E-state index in [1.807, 2.05) is 13.8 Å². The number of aliphatic hydroxyl groups excluding tert-OH is 2. The van der Waals surface area contributed by atoms with E-state index in [9.17, 15) is 24.6 Å². The number of carbonyl (C=O) groups is 3. The van der Waals surface area contributed by atoms with E-state index in [1.165, 1.54) is 12.2 Å². The number of Topliss-reactive ketones (excluding diaryl/α,β-unsaturated/α-hetero) is 1. The van der Waals surface area contributed by atoms with Crippen molar-refractivity contribution in [3.05, 3.63) is 23.8 Å². The zero-order chi connectivity index (χ0) is 28.2. The van der Waals surface area contributed by atoms with Gasteiger partial charge < -0.3 is 19.8 Å². The van der Waals surface area contributed by atoms with E-state index in [4.69, 9.17) is 4.74 Å². The molecule has 8 heteroatoms. The number of hydrogen-bond acceptors (Lipinski definition) is 6. The molecule has 5 saturated carbocycles. The molecule has 1 spiro atoms. The fourth-order valence-electron chi connectivity index (χ4n) is 10.3. The summed E-state index contributed by atoms with van der Waals surface area (Å²) in [5.74, 6) is -2.19. The van der Waals surface area contributed by atoms with Crippen LogP contribution in [0.5, 0.6) is 0 Å². The lowest BCUT2D eigenvalue weighted by molar-refractivity contribution is -0.220. The highest BCUT2D eigenvalue weighted by atomic mass is 19.1. The summed E-state index contributed by atoms with van der Waals surface area (Å²) in [6, 6.07) is 0.0776. The van der Waals surface area contributed by atoms with Crippen molar-refractivity contribution in [2.24, 2.45) is 34.0 Å².